The first kappa shape index (κ1) is 13.5. The maximum Gasteiger partial charge on any atom is 0.193 e. The first-order valence-electron chi connectivity index (χ1n) is 6.59. The molecule has 19 heavy (non-hydrogen) atoms. The molecular formula is C18H20O. The summed E-state index contributed by atoms with van der Waals surface area (Å²) in [6.07, 6.45) is 0. The normalized spacial score (nSPS) is 10.6. The van der Waals surface area contributed by atoms with Crippen molar-refractivity contribution in [3.05, 3.63) is 69.3 Å². The molecule has 0 saturated heterocycles. The summed E-state index contributed by atoms with van der Waals surface area (Å²) in [7, 11) is 0. The number of carbonyl (C=O) groups excluding carboxylic acids is 1. The molecule has 1 heteroatoms. The van der Waals surface area contributed by atoms with Crippen LogP contribution in [0.3, 0.4) is 0 Å². The number of carbonyl (C=O) groups is 1. The standard InChI is InChI=1S/C18H20O/c1-11-6-12(2)8-16(7-11)18(19)17-10-14(4)13(3)9-15(17)5/h6-10H,1-5H3. The zero-order valence-electron chi connectivity index (χ0n) is 12.3. The van der Waals surface area contributed by atoms with Gasteiger partial charge in [0.2, 0.25) is 0 Å². The SMILES string of the molecule is Cc1cc(C)cc(C(=O)c2cc(C)c(C)cc2C)c1. The maximum absolute atomic E-state index is 12.6. The van der Waals surface area contributed by atoms with Crippen LogP contribution >= 0.6 is 0 Å². The van der Waals surface area contributed by atoms with Gasteiger partial charge in [0.05, 0.1) is 0 Å². The molecule has 0 aliphatic rings. The average molecular weight is 252 g/mol. The van der Waals surface area contributed by atoms with Gasteiger partial charge in [-0.2, -0.15) is 0 Å². The van der Waals surface area contributed by atoms with Gasteiger partial charge >= 0.3 is 0 Å². The summed E-state index contributed by atoms with van der Waals surface area (Å²) in [6.45, 7) is 10.2. The molecule has 0 aliphatic carbocycles. The largest absolute Gasteiger partial charge is 0.289 e. The number of hydrogen-bond acceptors (Lipinski definition) is 1. The van der Waals surface area contributed by atoms with Crippen LogP contribution in [-0.2, 0) is 0 Å². The minimum atomic E-state index is 0.118. The number of benzene rings is 2. The van der Waals surface area contributed by atoms with Crippen molar-refractivity contribution < 1.29 is 4.79 Å². The van der Waals surface area contributed by atoms with Crippen LogP contribution in [0.15, 0.2) is 30.3 Å². The fraction of sp³-hybridized carbons (Fsp3) is 0.278. The number of rotatable bonds is 2. The van der Waals surface area contributed by atoms with Crippen molar-refractivity contribution >= 4 is 5.78 Å². The van der Waals surface area contributed by atoms with Gasteiger partial charge in [0.1, 0.15) is 0 Å². The van der Waals surface area contributed by atoms with Gasteiger partial charge in [0.25, 0.3) is 0 Å². The lowest BCUT2D eigenvalue weighted by Crippen LogP contribution is -2.05. The molecule has 0 heterocycles. The monoisotopic (exact) mass is 252 g/mol. The Hall–Kier alpha value is -1.89. The molecule has 0 bridgehead atoms. The predicted octanol–water partition coefficient (Wildman–Crippen LogP) is 4.46. The van der Waals surface area contributed by atoms with Gasteiger partial charge in [-0.15, -0.1) is 0 Å². The molecule has 0 N–H and O–H groups in total. The van der Waals surface area contributed by atoms with E-state index in [0.717, 1.165) is 27.8 Å². The highest BCUT2D eigenvalue weighted by molar-refractivity contribution is 6.10. The van der Waals surface area contributed by atoms with E-state index in [0.29, 0.717) is 0 Å². The van der Waals surface area contributed by atoms with Crippen LogP contribution in [0.5, 0.6) is 0 Å². The Kier molecular flexibility index (Phi) is 3.57. The molecule has 0 fully saturated rings. The lowest BCUT2D eigenvalue weighted by Gasteiger charge is -2.10. The Morgan fingerprint density at radius 1 is 0.684 bits per heavy atom. The van der Waals surface area contributed by atoms with E-state index in [4.69, 9.17) is 0 Å². The Morgan fingerprint density at radius 3 is 1.79 bits per heavy atom. The van der Waals surface area contributed by atoms with Crippen LogP contribution in [0.4, 0.5) is 0 Å². The second-order valence-corrected chi connectivity index (χ2v) is 5.46. The highest BCUT2D eigenvalue weighted by atomic mass is 16.1. The molecule has 2 aromatic rings. The van der Waals surface area contributed by atoms with Crippen LogP contribution < -0.4 is 0 Å². The number of ketones is 1. The quantitative estimate of drug-likeness (QED) is 0.721. The Labute approximate surface area is 115 Å². The van der Waals surface area contributed by atoms with Crippen LogP contribution in [-0.4, -0.2) is 5.78 Å². The molecule has 0 atom stereocenters. The summed E-state index contributed by atoms with van der Waals surface area (Å²) in [4.78, 5) is 12.6. The van der Waals surface area contributed by atoms with Crippen molar-refractivity contribution in [3.8, 4) is 0 Å². The van der Waals surface area contributed by atoms with Crippen LogP contribution in [0, 0.1) is 34.6 Å². The minimum absolute atomic E-state index is 0.118. The molecule has 0 unspecified atom stereocenters. The van der Waals surface area contributed by atoms with Crippen LogP contribution in [0.2, 0.25) is 0 Å². The van der Waals surface area contributed by atoms with Crippen molar-refractivity contribution in [2.24, 2.45) is 0 Å². The Balaban J connectivity index is 2.53. The lowest BCUT2D eigenvalue weighted by atomic mass is 9.93. The fourth-order valence-electron chi connectivity index (χ4n) is 2.47. The lowest BCUT2D eigenvalue weighted by molar-refractivity contribution is 0.103. The van der Waals surface area contributed by atoms with E-state index in [2.05, 4.69) is 19.1 Å². The fourth-order valence-corrected chi connectivity index (χ4v) is 2.47. The first-order chi connectivity index (χ1) is 8.88. The molecule has 0 saturated carbocycles. The van der Waals surface area contributed by atoms with E-state index < -0.39 is 0 Å². The third-order valence-corrected chi connectivity index (χ3v) is 3.57. The molecule has 0 radical (unpaired) electrons. The van der Waals surface area contributed by atoms with Crippen molar-refractivity contribution in [2.75, 3.05) is 0 Å². The molecule has 0 spiro atoms. The van der Waals surface area contributed by atoms with Crippen molar-refractivity contribution in [1.29, 1.82) is 0 Å². The summed E-state index contributed by atoms with van der Waals surface area (Å²) in [5, 5.41) is 0. The summed E-state index contributed by atoms with van der Waals surface area (Å²) in [6, 6.07) is 10.1. The smallest absolute Gasteiger partial charge is 0.193 e. The molecule has 2 rings (SSSR count). The minimum Gasteiger partial charge on any atom is -0.289 e. The van der Waals surface area contributed by atoms with Crippen molar-refractivity contribution in [3.63, 3.8) is 0 Å². The zero-order valence-corrected chi connectivity index (χ0v) is 12.3. The van der Waals surface area contributed by atoms with Gasteiger partial charge in [0.15, 0.2) is 5.78 Å². The molecule has 98 valence electrons. The molecular weight excluding hydrogens is 232 g/mol. The van der Waals surface area contributed by atoms with E-state index in [1.54, 1.807) is 0 Å². The summed E-state index contributed by atoms with van der Waals surface area (Å²) >= 11 is 0. The topological polar surface area (TPSA) is 17.1 Å². The zero-order chi connectivity index (χ0) is 14.2. The molecule has 2 aromatic carbocycles. The molecule has 0 amide bonds. The number of hydrogen-bond donors (Lipinski definition) is 0. The average Bonchev–Trinajstić information content (AvgIpc) is 2.31. The van der Waals surface area contributed by atoms with Gasteiger partial charge in [0, 0.05) is 11.1 Å². The second-order valence-electron chi connectivity index (χ2n) is 5.46. The Morgan fingerprint density at radius 2 is 1.21 bits per heavy atom. The Bertz CT molecular complexity index is 631. The summed E-state index contributed by atoms with van der Waals surface area (Å²) in [5.41, 5.74) is 7.30. The van der Waals surface area contributed by atoms with Gasteiger partial charge in [-0.1, -0.05) is 23.3 Å². The van der Waals surface area contributed by atoms with Crippen LogP contribution in [0.1, 0.15) is 43.7 Å². The maximum atomic E-state index is 12.6. The van der Waals surface area contributed by atoms with Gasteiger partial charge in [-0.3, -0.25) is 4.79 Å². The van der Waals surface area contributed by atoms with Crippen molar-refractivity contribution in [1.82, 2.24) is 0 Å². The van der Waals surface area contributed by atoms with E-state index in [-0.39, 0.29) is 5.78 Å². The highest BCUT2D eigenvalue weighted by Gasteiger charge is 2.13. The number of aryl methyl sites for hydroxylation is 5. The molecule has 0 aromatic heterocycles. The van der Waals surface area contributed by atoms with Gasteiger partial charge < -0.3 is 0 Å². The first-order valence-corrected chi connectivity index (χ1v) is 6.59. The molecule has 1 nitrogen and oxygen atoms in total. The molecule has 0 aliphatic heterocycles. The second kappa shape index (κ2) is 5.00. The van der Waals surface area contributed by atoms with E-state index >= 15 is 0 Å². The van der Waals surface area contributed by atoms with E-state index in [9.17, 15) is 4.79 Å². The summed E-state index contributed by atoms with van der Waals surface area (Å²) < 4.78 is 0. The van der Waals surface area contributed by atoms with E-state index in [1.165, 1.54) is 11.1 Å². The summed E-state index contributed by atoms with van der Waals surface area (Å²) in [5.74, 6) is 0.118. The van der Waals surface area contributed by atoms with Crippen molar-refractivity contribution in [2.45, 2.75) is 34.6 Å². The third kappa shape index (κ3) is 2.76. The predicted molar refractivity (Wildman–Crippen MR) is 80.0 cm³/mol. The highest BCUT2D eigenvalue weighted by Crippen LogP contribution is 2.20. The van der Waals surface area contributed by atoms with E-state index in [1.807, 2.05) is 45.9 Å². The van der Waals surface area contributed by atoms with Gasteiger partial charge in [-0.25, -0.2) is 0 Å². The van der Waals surface area contributed by atoms with Gasteiger partial charge in [-0.05, 0) is 69.5 Å². The third-order valence-electron chi connectivity index (χ3n) is 3.57. The van der Waals surface area contributed by atoms with Crippen LogP contribution in [0.25, 0.3) is 0 Å².